The molecule has 0 amide bonds. The van der Waals surface area contributed by atoms with E-state index in [4.69, 9.17) is 5.11 Å². The standard InChI is InChI=1S/C9H12F4O2/c1-8(2,3)5(14)4-6(15)9(12,13)7(10)11/h4,7,14H,1-3H3. The van der Waals surface area contributed by atoms with E-state index in [1.807, 2.05) is 0 Å². The molecule has 0 aromatic carbocycles. The average molecular weight is 228 g/mol. The van der Waals surface area contributed by atoms with Crippen LogP contribution in [0.1, 0.15) is 20.8 Å². The van der Waals surface area contributed by atoms with Gasteiger partial charge in [0.15, 0.2) is 0 Å². The second-order valence-electron chi connectivity index (χ2n) is 4.07. The number of hydrogen-bond donors (Lipinski definition) is 1. The number of aliphatic hydroxyl groups excluding tert-OH is 1. The van der Waals surface area contributed by atoms with E-state index in [9.17, 15) is 22.4 Å². The molecule has 0 fully saturated rings. The highest BCUT2D eigenvalue weighted by Gasteiger charge is 2.47. The SMILES string of the molecule is CC(C)(C)C(O)=CC(=O)C(F)(F)C(F)F. The summed E-state index contributed by atoms with van der Waals surface area (Å²) in [6.45, 7) is 4.35. The Morgan fingerprint density at radius 2 is 1.67 bits per heavy atom. The van der Waals surface area contributed by atoms with Crippen LogP contribution in [0.2, 0.25) is 0 Å². The lowest BCUT2D eigenvalue weighted by Gasteiger charge is -2.18. The molecule has 0 aliphatic carbocycles. The number of ketones is 1. The Morgan fingerprint density at radius 3 is 1.93 bits per heavy atom. The zero-order valence-electron chi connectivity index (χ0n) is 8.52. The maximum absolute atomic E-state index is 12.4. The first-order chi connectivity index (χ1) is 6.49. The molecule has 0 saturated heterocycles. The minimum atomic E-state index is -4.75. The Bertz CT molecular complexity index is 276. The molecule has 0 bridgehead atoms. The second kappa shape index (κ2) is 4.20. The first-order valence-electron chi connectivity index (χ1n) is 4.11. The van der Waals surface area contributed by atoms with E-state index < -0.39 is 29.3 Å². The number of hydrogen-bond acceptors (Lipinski definition) is 2. The molecule has 0 aromatic rings. The van der Waals surface area contributed by atoms with Crippen molar-refractivity contribution in [3.63, 3.8) is 0 Å². The lowest BCUT2D eigenvalue weighted by molar-refractivity contribution is -0.161. The lowest BCUT2D eigenvalue weighted by atomic mass is 9.92. The number of allylic oxidation sites excluding steroid dienone is 2. The summed E-state index contributed by atoms with van der Waals surface area (Å²) in [6.07, 6.45) is -3.93. The first-order valence-corrected chi connectivity index (χ1v) is 4.11. The van der Waals surface area contributed by atoms with Crippen molar-refractivity contribution < 1.29 is 27.5 Å². The van der Waals surface area contributed by atoms with Gasteiger partial charge in [-0.3, -0.25) is 4.79 Å². The molecule has 0 atom stereocenters. The summed E-state index contributed by atoms with van der Waals surface area (Å²) in [7, 11) is 0. The molecule has 0 saturated carbocycles. The van der Waals surface area contributed by atoms with Crippen LogP contribution in [0.15, 0.2) is 11.8 Å². The van der Waals surface area contributed by atoms with Gasteiger partial charge in [-0.2, -0.15) is 8.78 Å². The number of rotatable bonds is 3. The number of carbonyl (C=O) groups is 1. The number of alkyl halides is 4. The quantitative estimate of drug-likeness (QED) is 0.458. The Morgan fingerprint density at radius 1 is 1.27 bits per heavy atom. The number of carbonyl (C=O) groups excluding carboxylic acids is 1. The van der Waals surface area contributed by atoms with Crippen molar-refractivity contribution in [3.05, 3.63) is 11.8 Å². The van der Waals surface area contributed by atoms with Crippen LogP contribution in [0, 0.1) is 5.41 Å². The summed E-state index contributed by atoms with van der Waals surface area (Å²) >= 11 is 0. The lowest BCUT2D eigenvalue weighted by Crippen LogP contribution is -2.35. The van der Waals surface area contributed by atoms with Gasteiger partial charge in [0.2, 0.25) is 5.78 Å². The molecule has 0 unspecified atom stereocenters. The van der Waals surface area contributed by atoms with Crippen molar-refractivity contribution in [1.29, 1.82) is 0 Å². The minimum absolute atomic E-state index is 0.145. The van der Waals surface area contributed by atoms with E-state index in [1.54, 1.807) is 0 Å². The highest BCUT2D eigenvalue weighted by atomic mass is 19.3. The number of halogens is 4. The molecule has 0 heterocycles. The summed E-state index contributed by atoms with van der Waals surface area (Å²) in [5.41, 5.74) is -0.937. The Balaban J connectivity index is 4.92. The summed E-state index contributed by atoms with van der Waals surface area (Å²) in [5.74, 6) is -7.50. The highest BCUT2D eigenvalue weighted by molar-refractivity contribution is 5.96. The third kappa shape index (κ3) is 3.53. The maximum atomic E-state index is 12.4. The van der Waals surface area contributed by atoms with Crippen LogP contribution in [0.3, 0.4) is 0 Å². The van der Waals surface area contributed by atoms with Crippen LogP contribution in [-0.4, -0.2) is 23.2 Å². The summed E-state index contributed by atoms with van der Waals surface area (Å²) < 4.78 is 48.3. The molecule has 0 radical (unpaired) electrons. The normalized spacial score (nSPS) is 14.5. The van der Waals surface area contributed by atoms with Gasteiger partial charge in [-0.1, -0.05) is 20.8 Å². The molecule has 15 heavy (non-hydrogen) atoms. The fourth-order valence-corrected chi connectivity index (χ4v) is 0.544. The third-order valence-corrected chi connectivity index (χ3v) is 1.64. The zero-order chi connectivity index (χ0) is 12.4. The van der Waals surface area contributed by atoms with Crippen molar-refractivity contribution in [2.24, 2.45) is 5.41 Å². The van der Waals surface area contributed by atoms with Crippen LogP contribution in [-0.2, 0) is 4.79 Å². The second-order valence-corrected chi connectivity index (χ2v) is 4.07. The third-order valence-electron chi connectivity index (χ3n) is 1.64. The smallest absolute Gasteiger partial charge is 0.368 e. The Labute approximate surface area is 84.6 Å². The van der Waals surface area contributed by atoms with Gasteiger partial charge in [0.1, 0.15) is 5.76 Å². The van der Waals surface area contributed by atoms with Gasteiger partial charge in [0.05, 0.1) is 0 Å². The first kappa shape index (κ1) is 13.9. The Kier molecular flexibility index (Phi) is 3.90. The zero-order valence-corrected chi connectivity index (χ0v) is 8.52. The van der Waals surface area contributed by atoms with E-state index in [1.165, 1.54) is 20.8 Å². The fraction of sp³-hybridized carbons (Fsp3) is 0.667. The highest BCUT2D eigenvalue weighted by Crippen LogP contribution is 2.28. The van der Waals surface area contributed by atoms with Crippen molar-refractivity contribution >= 4 is 5.78 Å². The van der Waals surface area contributed by atoms with Crippen LogP contribution in [0.25, 0.3) is 0 Å². The molecule has 0 aromatic heterocycles. The predicted octanol–water partition coefficient (Wildman–Crippen LogP) is 2.94. The Hall–Kier alpha value is -1.07. The van der Waals surface area contributed by atoms with Gasteiger partial charge in [-0.25, -0.2) is 8.78 Å². The molecular formula is C9H12F4O2. The summed E-state index contributed by atoms with van der Waals surface area (Å²) in [4.78, 5) is 10.7. The molecule has 6 heteroatoms. The van der Waals surface area contributed by atoms with Gasteiger partial charge in [-0.05, 0) is 0 Å². The summed E-state index contributed by atoms with van der Waals surface area (Å²) in [5, 5.41) is 9.16. The van der Waals surface area contributed by atoms with Crippen molar-refractivity contribution in [2.75, 3.05) is 0 Å². The molecular weight excluding hydrogens is 216 g/mol. The fourth-order valence-electron chi connectivity index (χ4n) is 0.544. The topological polar surface area (TPSA) is 37.3 Å². The van der Waals surface area contributed by atoms with Gasteiger partial charge < -0.3 is 5.11 Å². The van der Waals surface area contributed by atoms with Crippen molar-refractivity contribution in [1.82, 2.24) is 0 Å². The predicted molar refractivity (Wildman–Crippen MR) is 46.1 cm³/mol. The molecule has 0 rings (SSSR count). The van der Waals surface area contributed by atoms with Gasteiger partial charge >= 0.3 is 12.3 Å². The maximum Gasteiger partial charge on any atom is 0.368 e. The summed E-state index contributed by atoms with van der Waals surface area (Å²) in [6, 6.07) is 0. The van der Waals surface area contributed by atoms with Crippen molar-refractivity contribution in [2.45, 2.75) is 33.1 Å². The molecule has 0 spiro atoms. The molecule has 2 nitrogen and oxygen atoms in total. The molecule has 88 valence electrons. The van der Waals surface area contributed by atoms with Gasteiger partial charge in [-0.15, -0.1) is 0 Å². The average Bonchev–Trinajstić information content (AvgIpc) is 2.01. The molecule has 1 N–H and O–H groups in total. The van der Waals surface area contributed by atoms with Gasteiger partial charge in [0, 0.05) is 11.5 Å². The van der Waals surface area contributed by atoms with Crippen molar-refractivity contribution in [3.8, 4) is 0 Å². The molecule has 0 aliphatic heterocycles. The van der Waals surface area contributed by atoms with E-state index in [0.29, 0.717) is 0 Å². The van der Waals surface area contributed by atoms with Gasteiger partial charge in [0.25, 0.3) is 0 Å². The number of aliphatic hydroxyl groups is 1. The van der Waals surface area contributed by atoms with E-state index in [-0.39, 0.29) is 6.08 Å². The van der Waals surface area contributed by atoms with Crippen LogP contribution in [0.4, 0.5) is 17.6 Å². The van der Waals surface area contributed by atoms with Crippen LogP contribution in [0.5, 0.6) is 0 Å². The minimum Gasteiger partial charge on any atom is -0.512 e. The molecule has 0 aliphatic rings. The van der Waals surface area contributed by atoms with E-state index in [0.717, 1.165) is 0 Å². The van der Waals surface area contributed by atoms with Crippen LogP contribution >= 0.6 is 0 Å². The van der Waals surface area contributed by atoms with E-state index in [2.05, 4.69) is 0 Å². The van der Waals surface area contributed by atoms with Crippen LogP contribution < -0.4 is 0 Å². The largest absolute Gasteiger partial charge is 0.512 e. The van der Waals surface area contributed by atoms with E-state index >= 15 is 0 Å². The monoisotopic (exact) mass is 228 g/mol.